The molecule has 3 aromatic rings. The molecule has 1 saturated carbocycles. The minimum Gasteiger partial charge on any atom is -0.359 e. The molecule has 1 aliphatic carbocycles. The zero-order valence-corrected chi connectivity index (χ0v) is 14.3. The van der Waals surface area contributed by atoms with E-state index < -0.39 is 11.1 Å². The van der Waals surface area contributed by atoms with Crippen molar-refractivity contribution in [2.75, 3.05) is 0 Å². The second kappa shape index (κ2) is 6.09. The van der Waals surface area contributed by atoms with Crippen molar-refractivity contribution in [3.05, 3.63) is 75.0 Å². The topological polar surface area (TPSA) is 70.0 Å². The van der Waals surface area contributed by atoms with Gasteiger partial charge in [-0.2, -0.15) is 0 Å². The van der Waals surface area contributed by atoms with Gasteiger partial charge in [0.25, 0.3) is 0 Å². The molecule has 0 amide bonds. The fourth-order valence-corrected chi connectivity index (χ4v) is 3.33. The molecule has 1 aromatic carbocycles. The van der Waals surface area contributed by atoms with Crippen molar-refractivity contribution < 1.29 is 8.91 Å². The van der Waals surface area contributed by atoms with Crippen LogP contribution in [0.2, 0.25) is 0 Å². The molecule has 0 bridgehead atoms. The fraction of sp³-hybridized carbons (Fsp3) is 0.316. The van der Waals surface area contributed by atoms with Crippen LogP contribution in [0.3, 0.4) is 0 Å². The number of rotatable bonds is 4. The molecule has 0 atom stereocenters. The summed E-state index contributed by atoms with van der Waals surface area (Å²) >= 11 is 0. The Kier molecular flexibility index (Phi) is 3.86. The Labute approximate surface area is 148 Å². The largest absolute Gasteiger partial charge is 0.359 e. The van der Waals surface area contributed by atoms with Gasteiger partial charge in [0.05, 0.1) is 6.54 Å². The van der Waals surface area contributed by atoms with E-state index >= 15 is 0 Å². The van der Waals surface area contributed by atoms with Crippen LogP contribution in [-0.2, 0) is 12.1 Å². The summed E-state index contributed by atoms with van der Waals surface area (Å²) in [5, 5.41) is 3.91. The van der Waals surface area contributed by atoms with Crippen molar-refractivity contribution in [1.82, 2.24) is 14.3 Å². The molecule has 134 valence electrons. The summed E-state index contributed by atoms with van der Waals surface area (Å²) in [6.45, 7) is 2.08. The summed E-state index contributed by atoms with van der Waals surface area (Å²) in [7, 11) is 0. The molecule has 0 unspecified atom stereocenters. The second-order valence-corrected chi connectivity index (χ2v) is 6.95. The molecule has 26 heavy (non-hydrogen) atoms. The van der Waals surface area contributed by atoms with Crippen LogP contribution in [0.25, 0.3) is 11.3 Å². The molecule has 7 heteroatoms. The van der Waals surface area contributed by atoms with E-state index in [1.807, 2.05) is 6.92 Å². The van der Waals surface area contributed by atoms with Gasteiger partial charge in [-0.25, -0.2) is 4.39 Å². The van der Waals surface area contributed by atoms with E-state index in [9.17, 15) is 14.0 Å². The summed E-state index contributed by atoms with van der Waals surface area (Å²) < 4.78 is 21.4. The molecule has 2 heterocycles. The predicted molar refractivity (Wildman–Crippen MR) is 93.5 cm³/mol. The maximum atomic E-state index is 13.3. The lowest BCUT2D eigenvalue weighted by molar-refractivity contribution is 0.161. The van der Waals surface area contributed by atoms with E-state index in [2.05, 4.69) is 5.16 Å². The molecule has 1 fully saturated rings. The number of halogens is 1. The lowest BCUT2D eigenvalue weighted by Gasteiger charge is -2.39. The number of aromatic nitrogens is 3. The van der Waals surface area contributed by atoms with Crippen LogP contribution in [0, 0.1) is 5.82 Å². The number of hydrogen-bond acceptors (Lipinski definition) is 4. The van der Waals surface area contributed by atoms with Crippen molar-refractivity contribution in [3.63, 3.8) is 0 Å². The third-order valence-corrected chi connectivity index (χ3v) is 5.08. The SMILES string of the molecule is CC1(n2ccn(Cc3cc(-c4cccc(F)c4)no3)c(=O)c2=O)CCC1. The van der Waals surface area contributed by atoms with Crippen LogP contribution in [0.5, 0.6) is 0 Å². The van der Waals surface area contributed by atoms with Crippen molar-refractivity contribution in [2.24, 2.45) is 0 Å². The fourth-order valence-electron chi connectivity index (χ4n) is 3.33. The number of nitrogens with zero attached hydrogens (tertiary/aromatic N) is 3. The van der Waals surface area contributed by atoms with Crippen LogP contribution in [0.15, 0.2) is 56.8 Å². The first kappa shape index (κ1) is 16.5. The van der Waals surface area contributed by atoms with Crippen LogP contribution >= 0.6 is 0 Å². The number of hydrogen-bond donors (Lipinski definition) is 0. The standard InChI is InChI=1S/C19H18FN3O3/c1-19(6-3-7-19)23-9-8-22(17(24)18(23)25)12-15-11-16(21-26-15)13-4-2-5-14(20)10-13/h2,4-5,8-11H,3,6-7,12H2,1H3. The minimum atomic E-state index is -0.593. The molecule has 6 nitrogen and oxygen atoms in total. The predicted octanol–water partition coefficient (Wildman–Crippen LogP) is 2.75. The lowest BCUT2D eigenvalue weighted by Crippen LogP contribution is -2.50. The quantitative estimate of drug-likeness (QED) is 0.675. The highest BCUT2D eigenvalue weighted by atomic mass is 19.1. The maximum absolute atomic E-state index is 13.3. The van der Waals surface area contributed by atoms with Gasteiger partial charge in [-0.15, -0.1) is 0 Å². The van der Waals surface area contributed by atoms with E-state index in [0.717, 1.165) is 19.3 Å². The highest BCUT2D eigenvalue weighted by molar-refractivity contribution is 5.58. The van der Waals surface area contributed by atoms with E-state index in [0.29, 0.717) is 17.0 Å². The van der Waals surface area contributed by atoms with Crippen LogP contribution in [0.1, 0.15) is 31.9 Å². The van der Waals surface area contributed by atoms with Gasteiger partial charge in [-0.1, -0.05) is 17.3 Å². The van der Waals surface area contributed by atoms with Gasteiger partial charge >= 0.3 is 11.1 Å². The van der Waals surface area contributed by atoms with Crippen LogP contribution in [-0.4, -0.2) is 14.3 Å². The maximum Gasteiger partial charge on any atom is 0.316 e. The molecule has 0 spiro atoms. The molecule has 4 rings (SSSR count). The first-order chi connectivity index (χ1) is 12.5. The third kappa shape index (κ3) is 2.79. The second-order valence-electron chi connectivity index (χ2n) is 6.95. The Hall–Kier alpha value is -2.96. The van der Waals surface area contributed by atoms with Gasteiger partial charge in [0.2, 0.25) is 0 Å². The Morgan fingerprint density at radius 1 is 1.19 bits per heavy atom. The normalized spacial score (nSPS) is 15.6. The Balaban J connectivity index is 1.61. The minimum absolute atomic E-state index is 0.0912. The smallest absolute Gasteiger partial charge is 0.316 e. The molecule has 0 aliphatic heterocycles. The molecule has 0 N–H and O–H groups in total. The summed E-state index contributed by atoms with van der Waals surface area (Å²) in [5.41, 5.74) is -0.320. The van der Waals surface area contributed by atoms with Gasteiger partial charge in [-0.3, -0.25) is 9.59 Å². The zero-order chi connectivity index (χ0) is 18.3. The third-order valence-electron chi connectivity index (χ3n) is 5.08. The van der Waals surface area contributed by atoms with E-state index in [1.54, 1.807) is 30.6 Å². The lowest BCUT2D eigenvalue weighted by atomic mass is 9.78. The summed E-state index contributed by atoms with van der Waals surface area (Å²) in [6.07, 6.45) is 6.11. The first-order valence-electron chi connectivity index (χ1n) is 8.50. The van der Waals surface area contributed by atoms with Crippen molar-refractivity contribution in [1.29, 1.82) is 0 Å². The van der Waals surface area contributed by atoms with E-state index in [1.165, 1.54) is 21.3 Å². The molecule has 2 aromatic heterocycles. The van der Waals surface area contributed by atoms with Crippen LogP contribution < -0.4 is 11.1 Å². The zero-order valence-electron chi connectivity index (χ0n) is 14.3. The highest BCUT2D eigenvalue weighted by Gasteiger charge is 2.34. The summed E-state index contributed by atoms with van der Waals surface area (Å²) in [5.74, 6) is 0.0507. The van der Waals surface area contributed by atoms with E-state index in [-0.39, 0.29) is 17.9 Å². The molecule has 1 aliphatic rings. The average molecular weight is 355 g/mol. The molecule has 0 saturated heterocycles. The van der Waals surface area contributed by atoms with Crippen molar-refractivity contribution >= 4 is 0 Å². The summed E-state index contributed by atoms with van der Waals surface area (Å²) in [6, 6.07) is 7.65. The van der Waals surface area contributed by atoms with Crippen molar-refractivity contribution in [3.8, 4) is 11.3 Å². The number of benzene rings is 1. The molecule has 0 radical (unpaired) electrons. The molecular weight excluding hydrogens is 337 g/mol. The van der Waals surface area contributed by atoms with Gasteiger partial charge < -0.3 is 13.7 Å². The highest BCUT2D eigenvalue weighted by Crippen LogP contribution is 2.37. The Morgan fingerprint density at radius 3 is 2.69 bits per heavy atom. The van der Waals surface area contributed by atoms with Crippen LogP contribution in [0.4, 0.5) is 4.39 Å². The molecular formula is C19H18FN3O3. The summed E-state index contributed by atoms with van der Waals surface area (Å²) in [4.78, 5) is 24.8. The first-order valence-corrected chi connectivity index (χ1v) is 8.50. The monoisotopic (exact) mass is 355 g/mol. The Morgan fingerprint density at radius 2 is 2.00 bits per heavy atom. The average Bonchev–Trinajstić information content (AvgIpc) is 3.06. The van der Waals surface area contributed by atoms with Gasteiger partial charge in [-0.05, 0) is 38.3 Å². The van der Waals surface area contributed by atoms with E-state index in [4.69, 9.17) is 4.52 Å². The van der Waals surface area contributed by atoms with Crippen molar-refractivity contribution in [2.45, 2.75) is 38.3 Å². The Bertz CT molecular complexity index is 1080. The van der Waals surface area contributed by atoms with Gasteiger partial charge in [0.1, 0.15) is 11.5 Å². The van der Waals surface area contributed by atoms with Gasteiger partial charge in [0, 0.05) is 29.6 Å². The van der Waals surface area contributed by atoms with Gasteiger partial charge in [0.15, 0.2) is 5.76 Å².